The standard InChI is InChI=1S/C47H45FO8S2/c1-6-42(49)53-36-16-18-38(54-43(50)7-2)34-20-26(8-12-30(34)36)28-10-14-32-40(22-28)57-45-33-15-11-29(23-41(33)58-44(32)45)27-9-13-31-35(21-27)39(55-46(51)24(3)4)19-17-37(31)56-47(52)25(5)48/h8-15,20-25,36-39H,6-7,16-19H2,1-5H3. The maximum absolute atomic E-state index is 13.8. The summed E-state index contributed by atoms with van der Waals surface area (Å²) < 4.78 is 41.7. The molecule has 0 fully saturated rings. The van der Waals surface area contributed by atoms with Gasteiger partial charge in [-0.3, -0.25) is 14.4 Å². The van der Waals surface area contributed by atoms with Gasteiger partial charge in [-0.1, -0.05) is 76.2 Å². The lowest BCUT2D eigenvalue weighted by atomic mass is 9.85. The van der Waals surface area contributed by atoms with Crippen LogP contribution >= 0.6 is 22.7 Å². The first-order valence-corrected chi connectivity index (χ1v) is 21.7. The third-order valence-electron chi connectivity index (χ3n) is 11.1. The number of fused-ring (bicyclic) bond motifs is 7. The average Bonchev–Trinajstić information content (AvgIpc) is 3.77. The first-order valence-electron chi connectivity index (χ1n) is 20.0. The number of carbonyl (C=O) groups is 4. The highest BCUT2D eigenvalue weighted by atomic mass is 32.1. The number of ether oxygens (including phenoxy) is 4. The van der Waals surface area contributed by atoms with Gasteiger partial charge in [0.2, 0.25) is 0 Å². The fourth-order valence-electron chi connectivity index (χ4n) is 7.98. The van der Waals surface area contributed by atoms with Gasteiger partial charge in [-0.05, 0) is 101 Å². The molecule has 6 aromatic rings. The highest BCUT2D eigenvalue weighted by Crippen LogP contribution is 2.48. The SMILES string of the molecule is CCC(=O)OC1CCC(OC(=O)CC)c2cc(-c3ccc4c(c3)sc3c5ccc(-c6ccc7c(c6)C(OC(=O)C(C)C)CCC7OC(=O)C(C)F)cc5sc43)ccc21. The zero-order valence-electron chi connectivity index (χ0n) is 33.1. The van der Waals surface area contributed by atoms with Gasteiger partial charge in [0.15, 0.2) is 6.17 Å². The molecule has 0 radical (unpaired) electrons. The van der Waals surface area contributed by atoms with Crippen LogP contribution in [0.2, 0.25) is 0 Å². The second-order valence-electron chi connectivity index (χ2n) is 15.4. The molecule has 0 aliphatic heterocycles. The third kappa shape index (κ3) is 7.62. The van der Waals surface area contributed by atoms with Crippen LogP contribution in [-0.4, -0.2) is 30.0 Å². The maximum Gasteiger partial charge on any atom is 0.341 e. The van der Waals surface area contributed by atoms with Crippen LogP contribution in [0, 0.1) is 5.92 Å². The molecule has 2 aliphatic rings. The van der Waals surface area contributed by atoms with Crippen molar-refractivity contribution in [2.24, 2.45) is 5.92 Å². The molecular formula is C47H45FO8S2. The van der Waals surface area contributed by atoms with E-state index in [4.69, 9.17) is 18.9 Å². The molecule has 11 heteroatoms. The fourth-order valence-corrected chi connectivity index (χ4v) is 10.7. The summed E-state index contributed by atoms with van der Waals surface area (Å²) in [6.07, 6.45) is -0.981. The molecule has 0 N–H and O–H groups in total. The van der Waals surface area contributed by atoms with Crippen molar-refractivity contribution in [1.82, 2.24) is 0 Å². The molecule has 58 heavy (non-hydrogen) atoms. The van der Waals surface area contributed by atoms with Crippen molar-refractivity contribution in [3.63, 3.8) is 0 Å². The van der Waals surface area contributed by atoms with E-state index in [2.05, 4.69) is 48.5 Å². The minimum absolute atomic E-state index is 0.251. The van der Waals surface area contributed by atoms with Gasteiger partial charge in [-0.15, -0.1) is 22.7 Å². The molecule has 5 unspecified atom stereocenters. The molecule has 4 aromatic carbocycles. The van der Waals surface area contributed by atoms with E-state index < -0.39 is 30.5 Å². The average molecular weight is 821 g/mol. The molecule has 0 spiro atoms. The number of carbonyl (C=O) groups excluding carboxylic acids is 4. The van der Waals surface area contributed by atoms with E-state index >= 15 is 0 Å². The monoisotopic (exact) mass is 820 g/mol. The van der Waals surface area contributed by atoms with Crippen LogP contribution in [0.3, 0.4) is 0 Å². The van der Waals surface area contributed by atoms with Crippen molar-refractivity contribution in [2.45, 2.75) is 104 Å². The van der Waals surface area contributed by atoms with Crippen LogP contribution in [0.1, 0.15) is 120 Å². The van der Waals surface area contributed by atoms with E-state index in [9.17, 15) is 23.6 Å². The lowest BCUT2D eigenvalue weighted by Crippen LogP contribution is -2.26. The van der Waals surface area contributed by atoms with Gasteiger partial charge in [-0.2, -0.15) is 0 Å². The smallest absolute Gasteiger partial charge is 0.341 e. The normalized spacial score (nSPS) is 19.4. The van der Waals surface area contributed by atoms with Crippen LogP contribution < -0.4 is 0 Å². The number of esters is 4. The van der Waals surface area contributed by atoms with E-state index in [0.717, 1.165) is 49.2 Å². The van der Waals surface area contributed by atoms with Crippen LogP contribution in [0.5, 0.6) is 0 Å². The largest absolute Gasteiger partial charge is 0.457 e. The van der Waals surface area contributed by atoms with Gasteiger partial charge in [0.25, 0.3) is 0 Å². The lowest BCUT2D eigenvalue weighted by molar-refractivity contribution is -0.160. The number of thiophene rings is 2. The zero-order valence-corrected chi connectivity index (χ0v) is 34.7. The third-order valence-corrected chi connectivity index (χ3v) is 13.6. The number of halogens is 1. The molecule has 2 aliphatic carbocycles. The number of benzene rings is 4. The summed E-state index contributed by atoms with van der Waals surface area (Å²) in [4.78, 5) is 49.5. The number of rotatable bonds is 10. The molecule has 8 rings (SSSR count). The second-order valence-corrected chi connectivity index (χ2v) is 17.5. The summed E-state index contributed by atoms with van der Waals surface area (Å²) in [5, 5.41) is 2.35. The molecule has 0 bridgehead atoms. The van der Waals surface area contributed by atoms with Gasteiger partial charge in [0.05, 0.1) is 15.3 Å². The van der Waals surface area contributed by atoms with Gasteiger partial charge >= 0.3 is 23.9 Å². The number of hydrogen-bond acceptors (Lipinski definition) is 10. The van der Waals surface area contributed by atoms with Crippen LogP contribution in [0.25, 0.3) is 51.8 Å². The number of hydrogen-bond donors (Lipinski definition) is 0. The van der Waals surface area contributed by atoms with Crippen molar-refractivity contribution in [3.8, 4) is 22.3 Å². The van der Waals surface area contributed by atoms with Crippen molar-refractivity contribution in [2.75, 3.05) is 0 Å². The lowest BCUT2D eigenvalue weighted by Gasteiger charge is -2.32. The predicted octanol–water partition coefficient (Wildman–Crippen LogP) is 12.4. The molecule has 300 valence electrons. The Labute approximate surface area is 344 Å². The molecule has 2 heterocycles. The first kappa shape index (κ1) is 39.7. The Morgan fingerprint density at radius 1 is 0.552 bits per heavy atom. The van der Waals surface area contributed by atoms with E-state index in [-0.39, 0.29) is 36.4 Å². The van der Waals surface area contributed by atoms with Crippen molar-refractivity contribution in [3.05, 3.63) is 95.1 Å². The van der Waals surface area contributed by atoms with Crippen LogP contribution in [0.4, 0.5) is 4.39 Å². The van der Waals surface area contributed by atoms with Crippen LogP contribution in [-0.2, 0) is 38.1 Å². The molecule has 0 saturated heterocycles. The predicted molar refractivity (Wildman–Crippen MR) is 225 cm³/mol. The molecule has 2 aromatic heterocycles. The molecule has 0 amide bonds. The Bertz CT molecular complexity index is 2580. The minimum atomic E-state index is -1.73. The summed E-state index contributed by atoms with van der Waals surface area (Å²) >= 11 is 3.51. The van der Waals surface area contributed by atoms with E-state index in [1.807, 2.05) is 24.3 Å². The quantitative estimate of drug-likeness (QED) is 0.0994. The van der Waals surface area contributed by atoms with Crippen LogP contribution in [0.15, 0.2) is 72.8 Å². The number of alkyl halides is 1. The maximum atomic E-state index is 13.8. The Kier molecular flexibility index (Phi) is 11.1. The Morgan fingerprint density at radius 2 is 0.931 bits per heavy atom. The van der Waals surface area contributed by atoms with Gasteiger partial charge in [0.1, 0.15) is 24.4 Å². The molecule has 5 atom stereocenters. The van der Waals surface area contributed by atoms with Crippen molar-refractivity contribution < 1.29 is 42.5 Å². The van der Waals surface area contributed by atoms with Gasteiger partial charge in [0, 0.05) is 33.0 Å². The Balaban J connectivity index is 1.11. The summed E-state index contributed by atoms with van der Waals surface area (Å²) in [5.41, 5.74) is 7.26. The minimum Gasteiger partial charge on any atom is -0.457 e. The van der Waals surface area contributed by atoms with Gasteiger partial charge in [-0.25, -0.2) is 9.18 Å². The molecule has 0 saturated carbocycles. The topological polar surface area (TPSA) is 105 Å². The van der Waals surface area contributed by atoms with Gasteiger partial charge < -0.3 is 18.9 Å². The second kappa shape index (κ2) is 16.3. The van der Waals surface area contributed by atoms with Crippen molar-refractivity contribution in [1.29, 1.82) is 0 Å². The fraction of sp³-hybridized carbons (Fsp3) is 0.362. The van der Waals surface area contributed by atoms with E-state index in [1.165, 1.54) is 31.8 Å². The highest BCUT2D eigenvalue weighted by Gasteiger charge is 2.34. The first-order chi connectivity index (χ1) is 27.9. The highest BCUT2D eigenvalue weighted by molar-refractivity contribution is 7.36. The molecular weight excluding hydrogens is 776 g/mol. The van der Waals surface area contributed by atoms with E-state index in [1.54, 1.807) is 50.4 Å². The van der Waals surface area contributed by atoms with Crippen molar-refractivity contribution >= 4 is 76.1 Å². The Morgan fingerprint density at radius 3 is 1.36 bits per heavy atom. The zero-order chi connectivity index (χ0) is 40.8. The summed E-state index contributed by atoms with van der Waals surface area (Å²) in [6.45, 7) is 8.32. The summed E-state index contributed by atoms with van der Waals surface area (Å²) in [5.74, 6) is -2.01. The molecule has 8 nitrogen and oxygen atoms in total. The van der Waals surface area contributed by atoms with E-state index in [0.29, 0.717) is 32.1 Å². The summed E-state index contributed by atoms with van der Waals surface area (Å²) in [7, 11) is 0. The summed E-state index contributed by atoms with van der Waals surface area (Å²) in [6, 6.07) is 25.0. The Hall–Kier alpha value is -5.13.